The van der Waals surface area contributed by atoms with Crippen LogP contribution in [0.4, 0.5) is 0 Å². The molecule has 4 heteroatoms. The summed E-state index contributed by atoms with van der Waals surface area (Å²) in [4.78, 5) is 0. The minimum Gasteiger partial charge on any atom is -0.309 e. The molecule has 0 saturated heterocycles. The molecule has 0 fully saturated rings. The molecule has 11 rings (SSSR count). The van der Waals surface area contributed by atoms with Crippen molar-refractivity contribution in [3.8, 4) is 28.2 Å². The maximum absolute atomic E-state index is 4.63. The lowest BCUT2D eigenvalue weighted by atomic mass is 10.0. The van der Waals surface area contributed by atoms with Gasteiger partial charge in [-0.25, -0.2) is 0 Å². The topological polar surface area (TPSA) is 28.9 Å². The van der Waals surface area contributed by atoms with Gasteiger partial charge in [0.15, 0.2) is 0 Å². The number of para-hydroxylation sites is 2. The second-order valence-electron chi connectivity index (χ2n) is 15.7. The van der Waals surface area contributed by atoms with E-state index in [1.54, 1.807) is 0 Å². The van der Waals surface area contributed by atoms with Crippen LogP contribution in [0.2, 0.25) is 0 Å². The highest BCUT2D eigenvalue weighted by Crippen LogP contribution is 2.39. The Morgan fingerprint density at radius 3 is 1.65 bits per heavy atom. The minimum atomic E-state index is 1.14. The second kappa shape index (κ2) is 13.4. The lowest BCUT2D eigenvalue weighted by molar-refractivity contribution is 0.667. The number of unbranched alkanes of at least 4 members (excludes halogenated alkanes) is 3. The summed E-state index contributed by atoms with van der Waals surface area (Å²) in [5.41, 5.74) is 17.0. The van der Waals surface area contributed by atoms with Crippen molar-refractivity contribution in [1.82, 2.24) is 18.4 Å². The standard InChI is InChI=1S/C53H43N4/c1-3-4-5-6-11-36-18-24-40(25-19-36)56-52-29-26-41(32-46(52)47-33-54-34-53(47)56)57-49-15-10-8-13-43(49)45-31-38(21-28-51(45)57)37-20-27-50-44(30-37)42-12-7-9-14-48(42)55(50)39-22-16-35(2)17-23-39/h7-10,12-34H,3-6,11H2,1-2H3/q+1. The number of fused-ring (bicyclic) bond motifs is 9. The van der Waals surface area contributed by atoms with Crippen molar-refractivity contribution >= 4 is 66.9 Å². The zero-order valence-corrected chi connectivity index (χ0v) is 32.4. The van der Waals surface area contributed by atoms with Crippen LogP contribution in [0.5, 0.6) is 0 Å². The minimum absolute atomic E-state index is 1.14. The van der Waals surface area contributed by atoms with Gasteiger partial charge in [0.25, 0.3) is 0 Å². The fourth-order valence-electron chi connectivity index (χ4n) is 9.31. The van der Waals surface area contributed by atoms with E-state index in [9.17, 15) is 0 Å². The Balaban J connectivity index is 1.01. The Labute approximate surface area is 332 Å². The maximum Gasteiger partial charge on any atom is 0.317 e. The van der Waals surface area contributed by atoms with Crippen LogP contribution >= 0.6 is 0 Å². The van der Waals surface area contributed by atoms with E-state index in [1.807, 2.05) is 12.4 Å². The monoisotopic (exact) mass is 735 g/mol. The fraction of sp³-hybridized carbons (Fsp3) is 0.132. The predicted octanol–water partition coefficient (Wildman–Crippen LogP) is 12.8. The molecule has 0 bridgehead atoms. The molecule has 0 radical (unpaired) electrons. The van der Waals surface area contributed by atoms with Crippen molar-refractivity contribution in [2.45, 2.75) is 46.0 Å². The van der Waals surface area contributed by atoms with Crippen LogP contribution in [0.1, 0.15) is 55.0 Å². The van der Waals surface area contributed by atoms with Gasteiger partial charge in [-0.05, 0) is 115 Å². The summed E-state index contributed by atoms with van der Waals surface area (Å²) < 4.78 is 11.8. The lowest BCUT2D eigenvalue weighted by Gasteiger charge is -2.11. The molecule has 4 heterocycles. The summed E-state index contributed by atoms with van der Waals surface area (Å²) >= 11 is 0. The van der Waals surface area contributed by atoms with Crippen LogP contribution in [-0.2, 0) is 6.42 Å². The van der Waals surface area contributed by atoms with Crippen LogP contribution in [0, 0.1) is 6.92 Å². The molecule has 1 aliphatic rings. The Morgan fingerprint density at radius 1 is 0.439 bits per heavy atom. The summed E-state index contributed by atoms with van der Waals surface area (Å²) in [5, 5.41) is 6.24. The molecule has 7 aromatic carbocycles. The molecule has 274 valence electrons. The quantitative estimate of drug-likeness (QED) is 0.104. The number of benzene rings is 7. The summed E-state index contributed by atoms with van der Waals surface area (Å²) in [5.74, 6) is 0. The lowest BCUT2D eigenvalue weighted by Crippen LogP contribution is -2.00. The van der Waals surface area contributed by atoms with Crippen molar-refractivity contribution in [2.24, 2.45) is 0 Å². The normalized spacial score (nSPS) is 12.3. The second-order valence-corrected chi connectivity index (χ2v) is 15.7. The third kappa shape index (κ3) is 5.40. The van der Waals surface area contributed by atoms with Crippen LogP contribution < -0.4 is 4.67 Å². The van der Waals surface area contributed by atoms with Gasteiger partial charge in [-0.15, -0.1) is 0 Å². The molecule has 0 amide bonds. The van der Waals surface area contributed by atoms with E-state index in [0.29, 0.717) is 0 Å². The van der Waals surface area contributed by atoms with E-state index in [0.717, 1.165) is 17.8 Å². The van der Waals surface area contributed by atoms with Crippen molar-refractivity contribution < 1.29 is 0 Å². The van der Waals surface area contributed by atoms with Gasteiger partial charge in [-0.1, -0.05) is 109 Å². The van der Waals surface area contributed by atoms with Gasteiger partial charge in [0.1, 0.15) is 5.69 Å². The molecular formula is C53H43N4+. The van der Waals surface area contributed by atoms with Gasteiger partial charge in [-0.3, -0.25) is 0 Å². The van der Waals surface area contributed by atoms with E-state index in [2.05, 4.69) is 184 Å². The van der Waals surface area contributed by atoms with E-state index in [-0.39, 0.29) is 0 Å². The summed E-state index contributed by atoms with van der Waals surface area (Å²) in [6.45, 7) is 4.41. The number of aryl methyl sites for hydroxylation is 2. The Kier molecular flexibility index (Phi) is 7.87. The highest BCUT2D eigenvalue weighted by atomic mass is 15.0. The summed E-state index contributed by atoms with van der Waals surface area (Å²) in [6, 6.07) is 56.4. The Bertz CT molecular complexity index is 3250. The molecule has 0 saturated carbocycles. The zero-order valence-electron chi connectivity index (χ0n) is 32.4. The predicted molar refractivity (Wildman–Crippen MR) is 242 cm³/mol. The maximum atomic E-state index is 4.63. The Hall–Kier alpha value is -6.87. The molecule has 0 unspecified atom stereocenters. The van der Waals surface area contributed by atoms with Gasteiger partial charge in [0.05, 0.1) is 33.1 Å². The first-order valence-electron chi connectivity index (χ1n) is 20.4. The van der Waals surface area contributed by atoms with Crippen LogP contribution in [0.15, 0.2) is 152 Å². The van der Waals surface area contributed by atoms with Crippen molar-refractivity contribution in [2.75, 3.05) is 0 Å². The molecule has 0 aliphatic carbocycles. The summed E-state index contributed by atoms with van der Waals surface area (Å²) in [6.07, 6.45) is 10.3. The largest absolute Gasteiger partial charge is 0.317 e. The number of rotatable bonds is 9. The van der Waals surface area contributed by atoms with Gasteiger partial charge in [-0.2, -0.15) is 0 Å². The molecule has 57 heavy (non-hydrogen) atoms. The first kappa shape index (κ1) is 33.5. The van der Waals surface area contributed by atoms with Crippen molar-refractivity contribution in [3.05, 3.63) is 174 Å². The van der Waals surface area contributed by atoms with Crippen LogP contribution in [0.25, 0.3) is 82.7 Å². The van der Waals surface area contributed by atoms with E-state index < -0.39 is 0 Å². The molecule has 0 N–H and O–H groups in total. The van der Waals surface area contributed by atoms with Crippen LogP contribution in [-0.4, -0.2) is 26.1 Å². The zero-order chi connectivity index (χ0) is 38.0. The highest BCUT2D eigenvalue weighted by molar-refractivity contribution is 6.14. The van der Waals surface area contributed by atoms with Crippen molar-refractivity contribution in [1.29, 1.82) is 0 Å². The third-order valence-electron chi connectivity index (χ3n) is 12.2. The molecule has 0 spiro atoms. The number of aromatic nitrogens is 3. The molecular weight excluding hydrogens is 693 g/mol. The fourth-order valence-corrected chi connectivity index (χ4v) is 9.31. The first-order valence-corrected chi connectivity index (χ1v) is 20.4. The van der Waals surface area contributed by atoms with E-state index in [4.69, 9.17) is 0 Å². The molecule has 10 aromatic rings. The van der Waals surface area contributed by atoms with Crippen LogP contribution in [0.3, 0.4) is 0 Å². The SMILES string of the molecule is CCCCCCc1ccc(-n2c3c(c4cc(-n5c6ccccc6c6cc(-c7ccc8c(c7)c7ccccc7n8-c7ccc(C)cc7)ccc65)ccc42)C=[N+]=C3)cc1. The molecule has 3 aromatic heterocycles. The summed E-state index contributed by atoms with van der Waals surface area (Å²) in [7, 11) is 0. The van der Waals surface area contributed by atoms with Crippen molar-refractivity contribution in [3.63, 3.8) is 0 Å². The Morgan fingerprint density at radius 2 is 0.982 bits per heavy atom. The van der Waals surface area contributed by atoms with Gasteiger partial charge >= 0.3 is 12.4 Å². The van der Waals surface area contributed by atoms with E-state index >= 15 is 0 Å². The average Bonchev–Trinajstić information content (AvgIpc) is 4.02. The highest BCUT2D eigenvalue weighted by Gasteiger charge is 2.25. The van der Waals surface area contributed by atoms with Gasteiger partial charge in [0, 0.05) is 44.0 Å². The number of hydrogen-bond donors (Lipinski definition) is 0. The molecule has 4 nitrogen and oxygen atoms in total. The number of hydrogen-bond acceptors (Lipinski definition) is 0. The van der Waals surface area contributed by atoms with Gasteiger partial charge in [0.2, 0.25) is 0 Å². The average molecular weight is 736 g/mol. The number of nitrogens with zero attached hydrogens (tertiary/aromatic N) is 4. The molecule has 1 aliphatic heterocycles. The molecule has 0 atom stereocenters. The smallest absolute Gasteiger partial charge is 0.309 e. The van der Waals surface area contributed by atoms with E-state index in [1.165, 1.54) is 119 Å². The van der Waals surface area contributed by atoms with Gasteiger partial charge < -0.3 is 13.7 Å². The third-order valence-corrected chi connectivity index (χ3v) is 12.2. The first-order chi connectivity index (χ1) is 28.1.